The van der Waals surface area contributed by atoms with Crippen LogP contribution in [-0.4, -0.2) is 24.2 Å². The van der Waals surface area contributed by atoms with Gasteiger partial charge in [-0.05, 0) is 6.07 Å². The summed E-state index contributed by atoms with van der Waals surface area (Å²) in [6, 6.07) is 3.36. The molecule has 0 radical (unpaired) electrons. The molecule has 1 heterocycles. The Balaban J connectivity index is 2.42. The molecule has 0 aliphatic carbocycles. The third-order valence-corrected chi connectivity index (χ3v) is 3.58. The highest BCUT2D eigenvalue weighted by molar-refractivity contribution is 8.03. The Morgan fingerprint density at radius 3 is 2.26 bits per heavy atom. The van der Waals surface area contributed by atoms with E-state index in [9.17, 15) is 19.7 Å². The predicted octanol–water partition coefficient (Wildman–Crippen LogP) is 3.17. The van der Waals surface area contributed by atoms with Crippen molar-refractivity contribution < 1.29 is 14.5 Å². The number of rotatable bonds is 2. The monoisotopic (exact) mass is 340 g/mol. The minimum atomic E-state index is -1.89. The summed E-state index contributed by atoms with van der Waals surface area (Å²) in [6.45, 7) is 0. The van der Waals surface area contributed by atoms with Gasteiger partial charge in [0.2, 0.25) is 0 Å². The minimum Gasteiger partial charge on any atom is -0.268 e. The lowest BCUT2D eigenvalue weighted by molar-refractivity contribution is -0.384. The van der Waals surface area contributed by atoms with E-state index in [1.165, 1.54) is 6.07 Å². The molecule has 0 N–H and O–H groups in total. The molecule has 10 heteroatoms. The van der Waals surface area contributed by atoms with Crippen molar-refractivity contribution in [3.63, 3.8) is 0 Å². The Morgan fingerprint density at radius 2 is 1.74 bits per heavy atom. The molecular weight excluding hydrogens is 339 g/mol. The quantitative estimate of drug-likeness (QED) is 0.271. The van der Waals surface area contributed by atoms with E-state index in [2.05, 4.69) is 0 Å². The van der Waals surface area contributed by atoms with Crippen molar-refractivity contribution in [1.82, 2.24) is 4.31 Å². The van der Waals surface area contributed by atoms with Gasteiger partial charge in [-0.1, -0.05) is 34.8 Å². The van der Waals surface area contributed by atoms with Crippen LogP contribution in [0.4, 0.5) is 5.69 Å². The van der Waals surface area contributed by atoms with Crippen molar-refractivity contribution in [3.05, 3.63) is 39.4 Å². The van der Waals surface area contributed by atoms with Crippen molar-refractivity contribution in [1.29, 1.82) is 0 Å². The average Bonchev–Trinajstić information content (AvgIpc) is 2.52. The minimum absolute atomic E-state index is 0.0392. The lowest BCUT2D eigenvalue weighted by Crippen LogP contribution is -2.25. The smallest absolute Gasteiger partial charge is 0.268 e. The van der Waals surface area contributed by atoms with Crippen LogP contribution >= 0.6 is 46.8 Å². The van der Waals surface area contributed by atoms with Gasteiger partial charge < -0.3 is 0 Å². The highest BCUT2D eigenvalue weighted by atomic mass is 35.6. The first-order chi connectivity index (χ1) is 8.70. The number of fused-ring (bicyclic) bond motifs is 1. The maximum absolute atomic E-state index is 11.9. The van der Waals surface area contributed by atoms with E-state index in [0.717, 1.165) is 12.1 Å². The zero-order valence-electron chi connectivity index (χ0n) is 8.80. The molecule has 1 aliphatic rings. The van der Waals surface area contributed by atoms with Crippen LogP contribution in [-0.2, 0) is 0 Å². The lowest BCUT2D eigenvalue weighted by Gasteiger charge is -2.17. The number of nitro benzene ring substituents is 1. The topological polar surface area (TPSA) is 80.5 Å². The number of carbonyl (C=O) groups is 2. The van der Waals surface area contributed by atoms with Crippen LogP contribution in [0.3, 0.4) is 0 Å². The van der Waals surface area contributed by atoms with Gasteiger partial charge >= 0.3 is 0 Å². The van der Waals surface area contributed by atoms with Crippen LogP contribution in [0.15, 0.2) is 18.2 Å². The van der Waals surface area contributed by atoms with E-state index in [4.69, 9.17) is 34.8 Å². The third-order valence-electron chi connectivity index (χ3n) is 2.24. The number of hydrogen-bond acceptors (Lipinski definition) is 5. The van der Waals surface area contributed by atoms with Gasteiger partial charge in [0.15, 0.2) is 0 Å². The number of carbonyl (C=O) groups excluding carboxylic acids is 2. The molecule has 1 aliphatic heterocycles. The molecule has 0 unspecified atom stereocenters. The van der Waals surface area contributed by atoms with Crippen molar-refractivity contribution in [2.75, 3.05) is 0 Å². The molecule has 0 saturated heterocycles. The second kappa shape index (κ2) is 4.82. The maximum atomic E-state index is 11.9. The van der Waals surface area contributed by atoms with Crippen molar-refractivity contribution in [3.8, 4) is 0 Å². The zero-order chi connectivity index (χ0) is 14.4. The number of halogens is 3. The molecule has 0 atom stereocenters. The van der Waals surface area contributed by atoms with E-state index in [-0.39, 0.29) is 16.8 Å². The van der Waals surface area contributed by atoms with Gasteiger partial charge in [0.05, 0.1) is 16.1 Å². The molecule has 0 aromatic heterocycles. The molecule has 1 aromatic carbocycles. The predicted molar refractivity (Wildman–Crippen MR) is 71.5 cm³/mol. The van der Waals surface area contributed by atoms with E-state index < -0.39 is 19.9 Å². The van der Waals surface area contributed by atoms with Crippen molar-refractivity contribution >= 4 is 64.3 Å². The Kier molecular flexibility index (Phi) is 3.65. The summed E-state index contributed by atoms with van der Waals surface area (Å²) in [5, 5.41) is 10.6. The highest BCUT2D eigenvalue weighted by Crippen LogP contribution is 2.44. The highest BCUT2D eigenvalue weighted by Gasteiger charge is 2.41. The van der Waals surface area contributed by atoms with Crippen LogP contribution in [0.1, 0.15) is 20.7 Å². The van der Waals surface area contributed by atoms with Crippen molar-refractivity contribution in [2.24, 2.45) is 0 Å². The fourth-order valence-corrected chi connectivity index (χ4v) is 2.70. The summed E-state index contributed by atoms with van der Waals surface area (Å²) >= 11 is 16.9. The molecular formula is C9H3Cl3N2O4S. The summed E-state index contributed by atoms with van der Waals surface area (Å²) in [5.74, 6) is -1.42. The Labute approximate surface area is 125 Å². The van der Waals surface area contributed by atoms with Gasteiger partial charge in [-0.2, -0.15) is 0 Å². The molecule has 0 saturated carbocycles. The molecule has 2 amide bonds. The fraction of sp³-hybridized carbons (Fsp3) is 0.111. The van der Waals surface area contributed by atoms with Crippen molar-refractivity contribution in [2.45, 2.75) is 3.12 Å². The van der Waals surface area contributed by atoms with Crippen LogP contribution < -0.4 is 0 Å². The number of nitrogens with zero attached hydrogens (tertiary/aromatic N) is 2. The number of amides is 2. The molecule has 0 bridgehead atoms. The van der Waals surface area contributed by atoms with E-state index >= 15 is 0 Å². The third kappa shape index (κ3) is 2.79. The number of non-ortho nitro benzene ring substituents is 1. The summed E-state index contributed by atoms with van der Waals surface area (Å²) in [6.07, 6.45) is 0. The number of hydrogen-bond donors (Lipinski definition) is 0. The Hall–Kier alpha value is -1.02. The van der Waals surface area contributed by atoms with E-state index in [0.29, 0.717) is 16.3 Å². The second-order valence-corrected chi connectivity index (χ2v) is 7.54. The molecule has 100 valence electrons. The average molecular weight is 342 g/mol. The van der Waals surface area contributed by atoms with E-state index in [1.54, 1.807) is 0 Å². The number of nitro groups is 1. The van der Waals surface area contributed by atoms with E-state index in [1.807, 2.05) is 0 Å². The number of alkyl halides is 3. The summed E-state index contributed by atoms with van der Waals surface area (Å²) in [5.41, 5.74) is -0.334. The molecule has 2 rings (SSSR count). The summed E-state index contributed by atoms with van der Waals surface area (Å²) < 4.78 is -1.22. The fourth-order valence-electron chi connectivity index (χ4n) is 1.51. The van der Waals surface area contributed by atoms with Gasteiger partial charge in [0.1, 0.15) is 0 Å². The number of imide groups is 1. The lowest BCUT2D eigenvalue weighted by atomic mass is 10.1. The standard InChI is InChI=1S/C9H3Cl3N2O4S/c10-9(11,12)19-13-7(15)5-2-1-4(14(17)18)3-6(5)8(13)16/h1-3H. The normalized spacial score (nSPS) is 14.8. The van der Waals surface area contributed by atoms with Gasteiger partial charge in [-0.25, -0.2) is 4.31 Å². The zero-order valence-corrected chi connectivity index (χ0v) is 11.9. The Bertz CT molecular complexity index is 602. The van der Waals surface area contributed by atoms with Crippen LogP contribution in [0.25, 0.3) is 0 Å². The van der Waals surface area contributed by atoms with Gasteiger partial charge in [-0.15, -0.1) is 0 Å². The maximum Gasteiger partial charge on any atom is 0.272 e. The molecule has 0 spiro atoms. The van der Waals surface area contributed by atoms with Crippen LogP contribution in [0, 0.1) is 10.1 Å². The largest absolute Gasteiger partial charge is 0.272 e. The first-order valence-corrected chi connectivity index (χ1v) is 6.54. The van der Waals surface area contributed by atoms with Crippen LogP contribution in [0.5, 0.6) is 0 Å². The second-order valence-electron chi connectivity index (χ2n) is 3.43. The molecule has 0 fully saturated rings. The van der Waals surface area contributed by atoms with Gasteiger partial charge in [0.25, 0.3) is 20.6 Å². The van der Waals surface area contributed by atoms with Gasteiger partial charge in [0, 0.05) is 24.1 Å². The van der Waals surface area contributed by atoms with Crippen LogP contribution in [0.2, 0.25) is 0 Å². The Morgan fingerprint density at radius 1 is 1.16 bits per heavy atom. The summed E-state index contributed by atoms with van der Waals surface area (Å²) in [7, 11) is 0. The first-order valence-electron chi connectivity index (χ1n) is 4.64. The van der Waals surface area contributed by atoms with Gasteiger partial charge in [-0.3, -0.25) is 19.7 Å². The summed E-state index contributed by atoms with van der Waals surface area (Å²) in [4.78, 5) is 33.8. The molecule has 19 heavy (non-hydrogen) atoms. The number of benzene rings is 1. The first kappa shape index (κ1) is 14.4. The SMILES string of the molecule is O=C1c2ccc([N+](=O)[O-])cc2C(=O)N1SC(Cl)(Cl)Cl. The molecule has 6 nitrogen and oxygen atoms in total. The molecule has 1 aromatic rings.